The molecule has 2 atom stereocenters. The first-order chi connectivity index (χ1) is 16.4. The molecule has 178 valence electrons. The van der Waals surface area contributed by atoms with Crippen LogP contribution in [-0.4, -0.2) is 30.5 Å². The lowest BCUT2D eigenvalue weighted by Crippen LogP contribution is -3.13. The molecule has 0 saturated carbocycles. The molecule has 2 aliphatic heterocycles. The number of fused-ring (bicyclic) bond motifs is 2. The average molecular weight is 461 g/mol. The highest BCUT2D eigenvalue weighted by Gasteiger charge is 2.33. The minimum atomic E-state index is -0.174. The molecule has 2 aromatic carbocycles. The molecule has 3 heterocycles. The Bertz CT molecular complexity index is 1280. The topological polar surface area (TPSA) is 68.0 Å². The Labute approximate surface area is 200 Å². The van der Waals surface area contributed by atoms with Gasteiger partial charge in [0.05, 0.1) is 25.8 Å². The number of nitrogens with one attached hydrogen (secondary N) is 1. The van der Waals surface area contributed by atoms with Crippen LogP contribution in [0.2, 0.25) is 0 Å². The van der Waals surface area contributed by atoms with E-state index in [0.29, 0.717) is 35.3 Å². The molecule has 1 fully saturated rings. The third-order valence-corrected chi connectivity index (χ3v) is 7.15. The van der Waals surface area contributed by atoms with Gasteiger partial charge in [-0.25, -0.2) is 0 Å². The van der Waals surface area contributed by atoms with E-state index in [1.807, 2.05) is 24.4 Å². The molecule has 0 amide bonds. The summed E-state index contributed by atoms with van der Waals surface area (Å²) in [5.41, 5.74) is 3.05. The van der Waals surface area contributed by atoms with Gasteiger partial charge in [-0.1, -0.05) is 25.7 Å². The van der Waals surface area contributed by atoms with Gasteiger partial charge in [0, 0.05) is 46.6 Å². The van der Waals surface area contributed by atoms with Crippen molar-refractivity contribution in [1.29, 1.82) is 0 Å². The van der Waals surface area contributed by atoms with E-state index in [1.54, 1.807) is 19.3 Å². The molecule has 6 nitrogen and oxygen atoms in total. The second-order valence-corrected chi connectivity index (χ2v) is 9.89. The number of ether oxygens (including phenoxy) is 2. The fourth-order valence-electron chi connectivity index (χ4n) is 5.72. The summed E-state index contributed by atoms with van der Waals surface area (Å²) >= 11 is 0. The minimum absolute atomic E-state index is 0.0569. The largest absolute Gasteiger partial charge is 0.872 e. The Morgan fingerprint density at radius 1 is 1.21 bits per heavy atom. The van der Waals surface area contributed by atoms with Gasteiger partial charge in [-0.2, -0.15) is 0 Å². The van der Waals surface area contributed by atoms with Gasteiger partial charge in [0.25, 0.3) is 0 Å². The number of rotatable bonds is 5. The van der Waals surface area contributed by atoms with Crippen molar-refractivity contribution in [2.45, 2.75) is 40.3 Å². The number of hydrogen-bond donors (Lipinski definition) is 1. The third kappa shape index (κ3) is 3.96. The number of benzene rings is 2. The van der Waals surface area contributed by atoms with Crippen molar-refractivity contribution >= 4 is 22.8 Å². The number of hydrogen-bond acceptors (Lipinski definition) is 4. The molecular weight excluding hydrogens is 428 g/mol. The molecule has 1 saturated heterocycles. The van der Waals surface area contributed by atoms with Gasteiger partial charge in [0.1, 0.15) is 18.0 Å². The van der Waals surface area contributed by atoms with Crippen LogP contribution >= 0.6 is 0 Å². The Morgan fingerprint density at radius 3 is 2.68 bits per heavy atom. The van der Waals surface area contributed by atoms with Gasteiger partial charge in [-0.05, 0) is 43.7 Å². The molecule has 0 radical (unpaired) electrons. The Morgan fingerprint density at radius 2 is 1.97 bits per heavy atom. The van der Waals surface area contributed by atoms with Gasteiger partial charge >= 0.3 is 0 Å². The third-order valence-electron chi connectivity index (χ3n) is 7.15. The maximum Gasteiger partial charge on any atom is 0.231 e. The first-order valence-electron chi connectivity index (χ1n) is 12.2. The van der Waals surface area contributed by atoms with E-state index >= 15 is 0 Å². The van der Waals surface area contributed by atoms with Crippen molar-refractivity contribution in [3.63, 3.8) is 0 Å². The van der Waals surface area contributed by atoms with E-state index in [0.717, 1.165) is 41.9 Å². The van der Waals surface area contributed by atoms with Crippen molar-refractivity contribution in [3.05, 3.63) is 59.0 Å². The zero-order chi connectivity index (χ0) is 24.0. The standard InChI is InChI=1S/C28H32N2O4/c1-5-30-15-19(22-12-20(33-4)6-8-24(22)30)11-26-27(32)21-7-9-25(31)23(28(21)34-26)16-29-13-17(2)10-18(3)14-29/h6-9,11-12,15,17-18,31H,5,10,13-14,16H2,1-4H3. The number of piperidine rings is 1. The smallest absolute Gasteiger partial charge is 0.231 e. The Balaban J connectivity index is 1.51. The predicted molar refractivity (Wildman–Crippen MR) is 130 cm³/mol. The molecule has 0 spiro atoms. The SMILES string of the molecule is CCn1cc(C=C2Oc3c(ccc([O-])c3C[NH+]3CC(C)CC(C)C3)C2=O)c2cc(OC)ccc21. The second kappa shape index (κ2) is 8.84. The van der Waals surface area contributed by atoms with E-state index < -0.39 is 0 Å². The van der Waals surface area contributed by atoms with Crippen LogP contribution in [0.1, 0.15) is 48.7 Å². The molecule has 1 N–H and O–H groups in total. The van der Waals surface area contributed by atoms with Gasteiger partial charge < -0.3 is 24.0 Å². The van der Waals surface area contributed by atoms with E-state index in [2.05, 4.69) is 25.3 Å². The zero-order valence-electron chi connectivity index (χ0n) is 20.3. The number of nitrogens with zero attached hydrogens (tertiary/aromatic N) is 1. The summed E-state index contributed by atoms with van der Waals surface area (Å²) in [5.74, 6) is 2.47. The van der Waals surface area contributed by atoms with Crippen molar-refractivity contribution < 1.29 is 24.3 Å². The first-order valence-corrected chi connectivity index (χ1v) is 12.2. The van der Waals surface area contributed by atoms with Crippen LogP contribution in [0.15, 0.2) is 42.3 Å². The maximum atomic E-state index is 13.3. The summed E-state index contributed by atoms with van der Waals surface area (Å²) in [6.45, 7) is 10.1. The molecule has 2 aliphatic rings. The highest BCUT2D eigenvalue weighted by Crippen LogP contribution is 2.39. The monoisotopic (exact) mass is 460 g/mol. The van der Waals surface area contributed by atoms with Crippen LogP contribution in [0, 0.1) is 11.8 Å². The van der Waals surface area contributed by atoms with Crippen LogP contribution in [0.3, 0.4) is 0 Å². The minimum Gasteiger partial charge on any atom is -0.872 e. The van der Waals surface area contributed by atoms with E-state index in [1.165, 1.54) is 17.4 Å². The lowest BCUT2D eigenvalue weighted by atomic mass is 9.91. The van der Waals surface area contributed by atoms with Crippen LogP contribution in [-0.2, 0) is 13.1 Å². The number of quaternary nitrogens is 1. The van der Waals surface area contributed by atoms with E-state index in [-0.39, 0.29) is 17.3 Å². The van der Waals surface area contributed by atoms with E-state index in [9.17, 15) is 9.90 Å². The molecular formula is C28H32N2O4. The van der Waals surface area contributed by atoms with Crippen LogP contribution in [0.25, 0.3) is 17.0 Å². The van der Waals surface area contributed by atoms with Crippen LogP contribution in [0.5, 0.6) is 17.2 Å². The van der Waals surface area contributed by atoms with Gasteiger partial charge in [0.2, 0.25) is 5.78 Å². The predicted octanol–water partition coefficient (Wildman–Crippen LogP) is 3.42. The molecule has 34 heavy (non-hydrogen) atoms. The highest BCUT2D eigenvalue weighted by atomic mass is 16.5. The summed E-state index contributed by atoms with van der Waals surface area (Å²) in [4.78, 5) is 14.6. The Kier molecular flexibility index (Phi) is 5.86. The fourth-order valence-corrected chi connectivity index (χ4v) is 5.72. The van der Waals surface area contributed by atoms with Gasteiger partial charge in [-0.15, -0.1) is 0 Å². The number of allylic oxidation sites excluding steroid dienone is 1. The summed E-state index contributed by atoms with van der Waals surface area (Å²) in [7, 11) is 1.64. The fraction of sp³-hybridized carbons (Fsp3) is 0.393. The van der Waals surface area contributed by atoms with Gasteiger partial charge in [-0.3, -0.25) is 4.79 Å². The molecule has 0 aliphatic carbocycles. The van der Waals surface area contributed by atoms with Crippen molar-refractivity contribution in [2.24, 2.45) is 11.8 Å². The summed E-state index contributed by atoms with van der Waals surface area (Å²) < 4.78 is 13.7. The maximum absolute atomic E-state index is 13.3. The average Bonchev–Trinajstić information content (AvgIpc) is 3.32. The summed E-state index contributed by atoms with van der Waals surface area (Å²) in [5, 5.41) is 13.8. The molecule has 2 unspecified atom stereocenters. The molecule has 1 aromatic heterocycles. The number of ketones is 1. The number of carbonyl (C=O) groups is 1. The normalized spacial score (nSPS) is 23.4. The van der Waals surface area contributed by atoms with Crippen molar-refractivity contribution in [2.75, 3.05) is 20.2 Å². The number of aryl methyl sites for hydroxylation is 1. The van der Waals surface area contributed by atoms with Crippen LogP contribution < -0.4 is 19.5 Å². The number of methoxy groups -OCH3 is 1. The number of carbonyl (C=O) groups excluding carboxylic acids is 1. The zero-order valence-corrected chi connectivity index (χ0v) is 20.3. The summed E-state index contributed by atoms with van der Waals surface area (Å²) in [6.07, 6.45) is 5.04. The molecule has 6 heteroatoms. The quantitative estimate of drug-likeness (QED) is 0.593. The first kappa shape index (κ1) is 22.5. The molecule has 0 bridgehead atoms. The lowest BCUT2D eigenvalue weighted by Gasteiger charge is -2.33. The van der Waals surface area contributed by atoms with Crippen molar-refractivity contribution in [1.82, 2.24) is 4.57 Å². The number of aromatic nitrogens is 1. The Hall–Kier alpha value is -3.25. The second-order valence-electron chi connectivity index (χ2n) is 9.89. The number of Topliss-reactive ketones (excluding diaryl/α,β-unsaturated/α-hetero) is 1. The van der Waals surface area contributed by atoms with Crippen LogP contribution in [0.4, 0.5) is 0 Å². The van der Waals surface area contributed by atoms with Gasteiger partial charge in [0.15, 0.2) is 5.76 Å². The van der Waals surface area contributed by atoms with Crippen molar-refractivity contribution in [3.8, 4) is 17.2 Å². The lowest BCUT2D eigenvalue weighted by molar-refractivity contribution is -0.925. The highest BCUT2D eigenvalue weighted by molar-refractivity contribution is 6.15. The summed E-state index contributed by atoms with van der Waals surface area (Å²) in [6, 6.07) is 9.06. The number of likely N-dealkylation sites (tertiary alicyclic amines) is 1. The van der Waals surface area contributed by atoms with E-state index in [4.69, 9.17) is 9.47 Å². The molecule has 5 rings (SSSR count). The molecule has 3 aromatic rings.